The summed E-state index contributed by atoms with van der Waals surface area (Å²) in [7, 11) is 0. The van der Waals surface area contributed by atoms with E-state index in [2.05, 4.69) is 0 Å². The minimum absolute atomic E-state index is 0.127. The molecule has 0 aromatic rings. The van der Waals surface area contributed by atoms with Crippen LogP contribution in [0.3, 0.4) is 0 Å². The third-order valence-corrected chi connectivity index (χ3v) is 3.75. The first-order valence-electron chi connectivity index (χ1n) is 5.08. The largest absolute Gasteiger partial charge is 0.481 e. The first-order chi connectivity index (χ1) is 6.63. The molecule has 0 aromatic heterocycles. The van der Waals surface area contributed by atoms with Crippen LogP contribution in [0.5, 0.6) is 0 Å². The molecule has 2 aliphatic rings. The molecule has 0 aromatic carbocycles. The number of rotatable bonds is 2. The summed E-state index contributed by atoms with van der Waals surface area (Å²) in [6.45, 7) is 0. The van der Waals surface area contributed by atoms with Crippen LogP contribution >= 0.6 is 0 Å². The molecule has 2 aliphatic carbocycles. The lowest BCUT2D eigenvalue weighted by Gasteiger charge is -2.50. The van der Waals surface area contributed by atoms with Crippen molar-refractivity contribution in [1.29, 1.82) is 0 Å². The molecular weight excluding hydrogens is 184 g/mol. The third kappa shape index (κ3) is 1.21. The zero-order valence-corrected chi connectivity index (χ0v) is 7.85. The molecule has 0 aliphatic heterocycles. The average Bonchev–Trinajstić information content (AvgIpc) is 2.05. The predicted molar refractivity (Wildman–Crippen MR) is 47.7 cm³/mol. The molecule has 0 saturated heterocycles. The summed E-state index contributed by atoms with van der Waals surface area (Å²) in [5, 5.41) is 17.9. The first kappa shape index (κ1) is 9.49. The number of carboxylic acids is 2. The lowest BCUT2D eigenvalue weighted by Crippen LogP contribution is -2.55. The van der Waals surface area contributed by atoms with Crippen LogP contribution < -0.4 is 0 Å². The molecule has 0 spiro atoms. The average molecular weight is 198 g/mol. The SMILES string of the molecule is O=C(O)[C@@H]1[C@H]2CCCC[C@@H]2[C@@H]1C(=O)O. The van der Waals surface area contributed by atoms with Crippen LogP contribution in [0.25, 0.3) is 0 Å². The second kappa shape index (κ2) is 3.26. The van der Waals surface area contributed by atoms with E-state index in [0.29, 0.717) is 0 Å². The number of hydrogen-bond donors (Lipinski definition) is 2. The van der Waals surface area contributed by atoms with Crippen molar-refractivity contribution in [2.24, 2.45) is 23.7 Å². The maximum Gasteiger partial charge on any atom is 0.307 e. The van der Waals surface area contributed by atoms with Gasteiger partial charge in [-0.3, -0.25) is 9.59 Å². The number of aliphatic carboxylic acids is 2. The zero-order valence-electron chi connectivity index (χ0n) is 7.85. The van der Waals surface area contributed by atoms with Crippen molar-refractivity contribution in [2.75, 3.05) is 0 Å². The smallest absolute Gasteiger partial charge is 0.307 e. The van der Waals surface area contributed by atoms with Gasteiger partial charge in [-0.1, -0.05) is 12.8 Å². The van der Waals surface area contributed by atoms with Crippen molar-refractivity contribution in [3.05, 3.63) is 0 Å². The number of hydrogen-bond acceptors (Lipinski definition) is 2. The van der Waals surface area contributed by atoms with Gasteiger partial charge in [0.1, 0.15) is 0 Å². The molecule has 0 bridgehead atoms. The molecule has 2 rings (SSSR count). The fourth-order valence-corrected chi connectivity index (χ4v) is 3.14. The van der Waals surface area contributed by atoms with Crippen LogP contribution in [0.15, 0.2) is 0 Å². The van der Waals surface area contributed by atoms with E-state index in [1.165, 1.54) is 0 Å². The van der Waals surface area contributed by atoms with Crippen LogP contribution in [0.2, 0.25) is 0 Å². The van der Waals surface area contributed by atoms with E-state index in [1.54, 1.807) is 0 Å². The monoisotopic (exact) mass is 198 g/mol. The minimum Gasteiger partial charge on any atom is -0.481 e. The summed E-state index contributed by atoms with van der Waals surface area (Å²) in [5.41, 5.74) is 0. The Morgan fingerprint density at radius 3 is 1.50 bits per heavy atom. The fourth-order valence-electron chi connectivity index (χ4n) is 3.14. The Labute approximate surface area is 81.9 Å². The summed E-state index contributed by atoms with van der Waals surface area (Å²) >= 11 is 0. The van der Waals surface area contributed by atoms with Gasteiger partial charge in [-0.05, 0) is 24.7 Å². The summed E-state index contributed by atoms with van der Waals surface area (Å²) < 4.78 is 0. The maximum absolute atomic E-state index is 10.9. The Bertz CT molecular complexity index is 245. The van der Waals surface area contributed by atoms with Crippen molar-refractivity contribution in [3.63, 3.8) is 0 Å². The van der Waals surface area contributed by atoms with Crippen molar-refractivity contribution in [2.45, 2.75) is 25.7 Å². The molecule has 0 amide bonds. The van der Waals surface area contributed by atoms with E-state index in [0.717, 1.165) is 25.7 Å². The predicted octanol–water partition coefficient (Wildman–Crippen LogP) is 1.21. The van der Waals surface area contributed by atoms with Gasteiger partial charge in [-0.2, -0.15) is 0 Å². The molecule has 14 heavy (non-hydrogen) atoms. The van der Waals surface area contributed by atoms with Crippen LogP contribution in [-0.4, -0.2) is 22.2 Å². The molecule has 0 unspecified atom stereocenters. The highest BCUT2D eigenvalue weighted by atomic mass is 16.4. The Morgan fingerprint density at radius 2 is 1.21 bits per heavy atom. The highest BCUT2D eigenvalue weighted by Gasteiger charge is 2.57. The quantitative estimate of drug-likeness (QED) is 0.699. The van der Waals surface area contributed by atoms with Gasteiger partial charge < -0.3 is 10.2 Å². The van der Waals surface area contributed by atoms with E-state index in [4.69, 9.17) is 10.2 Å². The van der Waals surface area contributed by atoms with Gasteiger partial charge in [0.15, 0.2) is 0 Å². The summed E-state index contributed by atoms with van der Waals surface area (Å²) in [4.78, 5) is 21.8. The molecule has 0 heterocycles. The van der Waals surface area contributed by atoms with Gasteiger partial charge in [0.05, 0.1) is 11.8 Å². The van der Waals surface area contributed by atoms with E-state index >= 15 is 0 Å². The topological polar surface area (TPSA) is 74.6 Å². The van der Waals surface area contributed by atoms with Crippen LogP contribution in [0.4, 0.5) is 0 Å². The fraction of sp³-hybridized carbons (Fsp3) is 0.800. The van der Waals surface area contributed by atoms with Crippen LogP contribution in [-0.2, 0) is 9.59 Å². The van der Waals surface area contributed by atoms with Gasteiger partial charge >= 0.3 is 11.9 Å². The summed E-state index contributed by atoms with van der Waals surface area (Å²) in [6, 6.07) is 0. The maximum atomic E-state index is 10.9. The molecular formula is C10H14O4. The zero-order chi connectivity index (χ0) is 10.3. The molecule has 4 nitrogen and oxygen atoms in total. The van der Waals surface area contributed by atoms with Crippen LogP contribution in [0.1, 0.15) is 25.7 Å². The molecule has 78 valence electrons. The summed E-state index contributed by atoms with van der Waals surface area (Å²) in [5.74, 6) is -2.86. The molecule has 4 heteroatoms. The second-order valence-electron chi connectivity index (χ2n) is 4.34. The van der Waals surface area contributed by atoms with Gasteiger partial charge in [0.25, 0.3) is 0 Å². The standard InChI is InChI=1S/C10H14O4/c11-9(12)7-5-3-1-2-4-6(5)8(7)10(13)14/h5-8H,1-4H2,(H,11,12)(H,13,14)/t5-,6-,7-,8+/m0/s1. The van der Waals surface area contributed by atoms with Crippen molar-refractivity contribution in [1.82, 2.24) is 0 Å². The second-order valence-corrected chi connectivity index (χ2v) is 4.34. The lowest BCUT2D eigenvalue weighted by atomic mass is 9.52. The van der Waals surface area contributed by atoms with Crippen molar-refractivity contribution < 1.29 is 19.8 Å². The van der Waals surface area contributed by atoms with E-state index in [-0.39, 0.29) is 11.8 Å². The number of carbonyl (C=O) groups is 2. The molecule has 2 N–H and O–H groups in total. The van der Waals surface area contributed by atoms with E-state index < -0.39 is 23.8 Å². The Hall–Kier alpha value is -1.06. The van der Waals surface area contributed by atoms with Crippen LogP contribution in [0, 0.1) is 23.7 Å². The summed E-state index contributed by atoms with van der Waals surface area (Å²) in [6.07, 6.45) is 3.89. The number of carboxylic acid groups (broad SMARTS) is 2. The minimum atomic E-state index is -0.930. The van der Waals surface area contributed by atoms with Gasteiger partial charge in [0.2, 0.25) is 0 Å². The number of fused-ring (bicyclic) bond motifs is 1. The third-order valence-electron chi connectivity index (χ3n) is 3.75. The van der Waals surface area contributed by atoms with Gasteiger partial charge in [0, 0.05) is 0 Å². The first-order valence-corrected chi connectivity index (χ1v) is 5.08. The van der Waals surface area contributed by atoms with E-state index in [9.17, 15) is 9.59 Å². The van der Waals surface area contributed by atoms with Gasteiger partial charge in [-0.25, -0.2) is 0 Å². The Balaban J connectivity index is 2.15. The molecule has 4 atom stereocenters. The van der Waals surface area contributed by atoms with E-state index in [1.807, 2.05) is 0 Å². The Morgan fingerprint density at radius 1 is 0.857 bits per heavy atom. The molecule has 2 saturated carbocycles. The molecule has 0 radical (unpaired) electrons. The van der Waals surface area contributed by atoms with Gasteiger partial charge in [-0.15, -0.1) is 0 Å². The highest BCUT2D eigenvalue weighted by molar-refractivity contribution is 5.82. The van der Waals surface area contributed by atoms with Crippen molar-refractivity contribution >= 4 is 11.9 Å². The highest BCUT2D eigenvalue weighted by Crippen LogP contribution is 2.53. The molecule has 2 fully saturated rings. The Kier molecular flexibility index (Phi) is 2.21. The normalized spacial score (nSPS) is 40.9. The van der Waals surface area contributed by atoms with Crippen molar-refractivity contribution in [3.8, 4) is 0 Å². The lowest BCUT2D eigenvalue weighted by molar-refractivity contribution is -0.178.